The third kappa shape index (κ3) is 1.76. The maximum atomic E-state index is 10.9. The Morgan fingerprint density at radius 3 is 2.08 bits per heavy atom. The van der Waals surface area contributed by atoms with Crippen molar-refractivity contribution < 1.29 is 8.42 Å². The molecule has 13 heavy (non-hydrogen) atoms. The highest BCUT2D eigenvalue weighted by molar-refractivity contribution is 7.89. The molecule has 9 heteroatoms. The van der Waals surface area contributed by atoms with Crippen LogP contribution in [-0.4, -0.2) is 18.4 Å². The van der Waals surface area contributed by atoms with Gasteiger partial charge in [-0.3, -0.25) is 14.8 Å². The summed E-state index contributed by atoms with van der Waals surface area (Å²) >= 11 is 0. The summed E-state index contributed by atoms with van der Waals surface area (Å²) in [5.74, 6) is -0.573. The molecule has 0 aliphatic heterocycles. The molecule has 1 rings (SSSR count). The summed E-state index contributed by atoms with van der Waals surface area (Å²) in [5, 5.41) is 4.66. The monoisotopic (exact) mass is 206 g/mol. The van der Waals surface area contributed by atoms with E-state index in [-0.39, 0.29) is 0 Å². The van der Waals surface area contributed by atoms with Crippen LogP contribution in [-0.2, 0) is 10.0 Å². The normalized spacial score (nSPS) is 11.5. The lowest BCUT2D eigenvalue weighted by molar-refractivity contribution is 0.596. The van der Waals surface area contributed by atoms with Gasteiger partial charge < -0.3 is 5.73 Å². The van der Waals surface area contributed by atoms with Crippen molar-refractivity contribution in [3.63, 3.8) is 0 Å². The Kier molecular flexibility index (Phi) is 1.97. The molecule has 1 heterocycles. The lowest BCUT2D eigenvalue weighted by atomic mass is 10.6. The lowest BCUT2D eigenvalue weighted by Gasteiger charge is -1.99. The minimum Gasteiger partial charge on any atom is -0.384 e. The number of nitrogens with one attached hydrogen (secondary N) is 2. The first-order chi connectivity index (χ1) is 5.82. The molecule has 8 nitrogen and oxygen atoms in total. The highest BCUT2D eigenvalue weighted by Crippen LogP contribution is 2.03. The van der Waals surface area contributed by atoms with E-state index < -0.39 is 32.0 Å². The largest absolute Gasteiger partial charge is 0.384 e. The highest BCUT2D eigenvalue weighted by atomic mass is 32.2. The number of aromatic amines is 2. The van der Waals surface area contributed by atoms with Crippen LogP contribution in [0.3, 0.4) is 0 Å². The van der Waals surface area contributed by atoms with Crippen LogP contribution in [0, 0.1) is 0 Å². The van der Waals surface area contributed by atoms with Gasteiger partial charge in [-0.2, -0.15) is 0 Å². The molecular weight excluding hydrogens is 200 g/mol. The Bertz CT molecular complexity index is 538. The molecule has 0 radical (unpaired) electrons. The number of rotatable bonds is 1. The number of primary sulfonamides is 1. The summed E-state index contributed by atoms with van der Waals surface area (Å²) in [6.07, 6.45) is 0. The number of nitrogens with two attached hydrogens (primary N) is 2. The second-order valence-electron chi connectivity index (χ2n) is 2.20. The van der Waals surface area contributed by atoms with Crippen LogP contribution in [0.25, 0.3) is 0 Å². The quantitative estimate of drug-likeness (QED) is 0.393. The molecular formula is C4H6N4O4S. The molecule has 0 bridgehead atoms. The molecule has 0 saturated carbocycles. The van der Waals surface area contributed by atoms with Gasteiger partial charge in [0.2, 0.25) is 10.0 Å². The molecule has 1 aromatic rings. The van der Waals surface area contributed by atoms with Gasteiger partial charge in [0.05, 0.1) is 0 Å². The zero-order chi connectivity index (χ0) is 10.2. The predicted octanol–water partition coefficient (Wildman–Crippen LogP) is -2.71. The van der Waals surface area contributed by atoms with Crippen molar-refractivity contribution in [1.29, 1.82) is 0 Å². The van der Waals surface area contributed by atoms with Crippen molar-refractivity contribution in [2.24, 2.45) is 5.14 Å². The molecule has 0 atom stereocenters. The lowest BCUT2D eigenvalue weighted by Crippen LogP contribution is -2.31. The first-order valence-electron chi connectivity index (χ1n) is 2.97. The molecule has 0 amide bonds. The minimum absolute atomic E-state index is 0.573. The van der Waals surface area contributed by atoms with E-state index in [9.17, 15) is 18.0 Å². The number of hydrogen-bond acceptors (Lipinski definition) is 5. The number of hydrogen-bond donors (Lipinski definition) is 4. The van der Waals surface area contributed by atoms with Crippen LogP contribution < -0.4 is 22.1 Å². The van der Waals surface area contributed by atoms with E-state index in [0.29, 0.717) is 0 Å². The van der Waals surface area contributed by atoms with Crippen LogP contribution in [0.2, 0.25) is 0 Å². The van der Waals surface area contributed by atoms with Crippen molar-refractivity contribution in [2.45, 2.75) is 4.90 Å². The number of anilines is 1. The summed E-state index contributed by atoms with van der Waals surface area (Å²) in [5.41, 5.74) is 3.04. The number of sulfonamides is 1. The topological polar surface area (TPSA) is 152 Å². The zero-order valence-electron chi connectivity index (χ0n) is 6.20. The van der Waals surface area contributed by atoms with E-state index in [4.69, 9.17) is 5.73 Å². The van der Waals surface area contributed by atoms with Gasteiger partial charge in [-0.25, -0.2) is 18.4 Å². The fourth-order valence-corrected chi connectivity index (χ4v) is 1.44. The Morgan fingerprint density at radius 2 is 1.69 bits per heavy atom. The summed E-state index contributed by atoms with van der Waals surface area (Å²) in [4.78, 5) is 24.2. The van der Waals surface area contributed by atoms with E-state index in [1.54, 1.807) is 4.98 Å². The molecule has 0 saturated heterocycles. The van der Waals surface area contributed by atoms with Gasteiger partial charge in [0.15, 0.2) is 4.90 Å². The number of H-pyrrole nitrogens is 2. The van der Waals surface area contributed by atoms with E-state index in [0.717, 1.165) is 0 Å². The molecule has 0 aromatic carbocycles. The molecule has 0 fully saturated rings. The Labute approximate surface area is 71.6 Å². The van der Waals surface area contributed by atoms with Gasteiger partial charge in [-0.1, -0.05) is 0 Å². The third-order valence-corrected chi connectivity index (χ3v) is 2.18. The molecule has 0 aliphatic carbocycles. The molecule has 6 N–H and O–H groups in total. The van der Waals surface area contributed by atoms with Crippen LogP contribution in [0.5, 0.6) is 0 Å². The van der Waals surface area contributed by atoms with Gasteiger partial charge in [0.25, 0.3) is 5.56 Å². The van der Waals surface area contributed by atoms with Crippen molar-refractivity contribution in [3.05, 3.63) is 20.8 Å². The summed E-state index contributed by atoms with van der Waals surface area (Å²) in [6, 6.07) is 0. The predicted molar refractivity (Wildman–Crippen MR) is 43.5 cm³/mol. The van der Waals surface area contributed by atoms with E-state index in [1.165, 1.54) is 0 Å². The first kappa shape index (κ1) is 9.48. The van der Waals surface area contributed by atoms with E-state index >= 15 is 0 Å². The van der Waals surface area contributed by atoms with Gasteiger partial charge in [0, 0.05) is 0 Å². The van der Waals surface area contributed by atoms with Crippen LogP contribution >= 0.6 is 0 Å². The molecule has 1 aromatic heterocycles. The summed E-state index contributed by atoms with van der Waals surface area (Å²) in [6.45, 7) is 0. The van der Waals surface area contributed by atoms with Gasteiger partial charge >= 0.3 is 5.69 Å². The molecule has 0 unspecified atom stereocenters. The Hall–Kier alpha value is -1.61. The first-order valence-corrected chi connectivity index (χ1v) is 4.52. The second-order valence-corrected chi connectivity index (χ2v) is 3.69. The van der Waals surface area contributed by atoms with Crippen molar-refractivity contribution >= 4 is 15.8 Å². The Morgan fingerprint density at radius 1 is 1.15 bits per heavy atom. The smallest absolute Gasteiger partial charge is 0.327 e. The third-order valence-electron chi connectivity index (χ3n) is 1.21. The highest BCUT2D eigenvalue weighted by Gasteiger charge is 2.17. The second kappa shape index (κ2) is 2.71. The molecule has 0 spiro atoms. The fraction of sp³-hybridized carbons (Fsp3) is 0. The average Bonchev–Trinajstić information content (AvgIpc) is 1.78. The maximum Gasteiger partial charge on any atom is 0.327 e. The van der Waals surface area contributed by atoms with Crippen LogP contribution in [0.1, 0.15) is 0 Å². The standard InChI is InChI=1S/C4H6N4O4S/c5-2-1(13(6,11)12)3(9)8-4(10)7-2/h(H2,6,11,12)(H4,5,7,8,9,10). The van der Waals surface area contributed by atoms with Gasteiger partial charge in [-0.15, -0.1) is 0 Å². The van der Waals surface area contributed by atoms with Crippen molar-refractivity contribution in [1.82, 2.24) is 9.97 Å². The summed E-state index contributed by atoms with van der Waals surface area (Å²) < 4.78 is 21.5. The zero-order valence-corrected chi connectivity index (χ0v) is 7.01. The maximum absolute atomic E-state index is 10.9. The number of aromatic nitrogens is 2. The van der Waals surface area contributed by atoms with Crippen LogP contribution in [0.4, 0.5) is 5.82 Å². The SMILES string of the molecule is Nc1[nH]c(=O)[nH]c(=O)c1S(N)(=O)=O. The molecule has 0 aliphatic rings. The van der Waals surface area contributed by atoms with Crippen molar-refractivity contribution in [3.8, 4) is 0 Å². The van der Waals surface area contributed by atoms with Gasteiger partial charge in [0.1, 0.15) is 5.82 Å². The fourth-order valence-electron chi connectivity index (χ4n) is 0.775. The average molecular weight is 206 g/mol. The number of nitrogen functional groups attached to an aromatic ring is 1. The van der Waals surface area contributed by atoms with Crippen LogP contribution in [0.15, 0.2) is 14.5 Å². The minimum atomic E-state index is -4.22. The summed E-state index contributed by atoms with van der Waals surface area (Å²) in [7, 11) is -4.22. The van der Waals surface area contributed by atoms with Gasteiger partial charge in [-0.05, 0) is 0 Å². The van der Waals surface area contributed by atoms with E-state index in [1.807, 2.05) is 4.98 Å². The van der Waals surface area contributed by atoms with Crippen molar-refractivity contribution in [2.75, 3.05) is 5.73 Å². The Balaban J connectivity index is 3.77. The van der Waals surface area contributed by atoms with E-state index in [2.05, 4.69) is 5.14 Å². The molecule has 72 valence electrons.